The summed E-state index contributed by atoms with van der Waals surface area (Å²) in [6.45, 7) is 1.94. The number of rotatable bonds is 3. The zero-order valence-corrected chi connectivity index (χ0v) is 12.0. The predicted octanol–water partition coefficient (Wildman–Crippen LogP) is 2.33. The SMILES string of the molecule is CCOC(=O)CC1=C(O)c2c(Cl)cccc2N(C)C1O. The zero-order chi connectivity index (χ0) is 14.9. The van der Waals surface area contributed by atoms with Crippen LogP contribution in [0.15, 0.2) is 23.8 Å². The lowest BCUT2D eigenvalue weighted by Gasteiger charge is -2.34. The van der Waals surface area contributed by atoms with E-state index in [-0.39, 0.29) is 24.4 Å². The van der Waals surface area contributed by atoms with Gasteiger partial charge in [0.15, 0.2) is 6.23 Å². The lowest BCUT2D eigenvalue weighted by atomic mass is 9.97. The summed E-state index contributed by atoms with van der Waals surface area (Å²) in [7, 11) is 1.66. The third-order valence-electron chi connectivity index (χ3n) is 3.23. The minimum atomic E-state index is -1.09. The van der Waals surface area contributed by atoms with Crippen molar-refractivity contribution in [2.24, 2.45) is 0 Å². The maximum absolute atomic E-state index is 11.6. The third kappa shape index (κ3) is 2.46. The molecule has 0 aromatic heterocycles. The molecule has 0 amide bonds. The Hall–Kier alpha value is -1.72. The van der Waals surface area contributed by atoms with E-state index in [2.05, 4.69) is 0 Å². The molecule has 5 nitrogen and oxygen atoms in total. The van der Waals surface area contributed by atoms with Crippen molar-refractivity contribution in [2.45, 2.75) is 19.6 Å². The second kappa shape index (κ2) is 5.73. The van der Waals surface area contributed by atoms with Gasteiger partial charge in [-0.3, -0.25) is 4.79 Å². The van der Waals surface area contributed by atoms with Crippen LogP contribution in [-0.4, -0.2) is 36.1 Å². The number of ether oxygens (including phenoxy) is 1. The van der Waals surface area contributed by atoms with Crippen molar-refractivity contribution < 1.29 is 19.7 Å². The maximum Gasteiger partial charge on any atom is 0.310 e. The van der Waals surface area contributed by atoms with E-state index in [4.69, 9.17) is 16.3 Å². The van der Waals surface area contributed by atoms with E-state index in [9.17, 15) is 15.0 Å². The predicted molar refractivity (Wildman–Crippen MR) is 76.7 cm³/mol. The maximum atomic E-state index is 11.6. The van der Waals surface area contributed by atoms with Gasteiger partial charge in [0.05, 0.1) is 29.3 Å². The summed E-state index contributed by atoms with van der Waals surface area (Å²) < 4.78 is 4.85. The molecule has 1 heterocycles. The molecular weight excluding hydrogens is 282 g/mol. The summed E-state index contributed by atoms with van der Waals surface area (Å²) in [5, 5.41) is 20.9. The highest BCUT2D eigenvalue weighted by atomic mass is 35.5. The average molecular weight is 298 g/mol. The van der Waals surface area contributed by atoms with Gasteiger partial charge in [-0.1, -0.05) is 17.7 Å². The van der Waals surface area contributed by atoms with Crippen LogP contribution < -0.4 is 4.90 Å². The van der Waals surface area contributed by atoms with Crippen LogP contribution in [0.5, 0.6) is 0 Å². The van der Waals surface area contributed by atoms with Crippen LogP contribution in [0.1, 0.15) is 18.9 Å². The Morgan fingerprint density at radius 2 is 2.20 bits per heavy atom. The smallest absolute Gasteiger partial charge is 0.310 e. The molecule has 0 radical (unpaired) electrons. The first-order valence-electron chi connectivity index (χ1n) is 6.24. The Morgan fingerprint density at radius 1 is 1.50 bits per heavy atom. The largest absolute Gasteiger partial charge is 0.507 e. The number of hydrogen-bond donors (Lipinski definition) is 2. The zero-order valence-electron chi connectivity index (χ0n) is 11.3. The summed E-state index contributed by atoms with van der Waals surface area (Å²) in [6, 6.07) is 5.11. The fourth-order valence-corrected chi connectivity index (χ4v) is 2.49. The van der Waals surface area contributed by atoms with Gasteiger partial charge < -0.3 is 19.8 Å². The van der Waals surface area contributed by atoms with Gasteiger partial charge in [0.1, 0.15) is 5.76 Å². The van der Waals surface area contributed by atoms with Gasteiger partial charge in [-0.25, -0.2) is 0 Å². The van der Waals surface area contributed by atoms with Crippen LogP contribution >= 0.6 is 11.6 Å². The number of fused-ring (bicyclic) bond motifs is 1. The molecule has 1 aliphatic heterocycles. The first-order valence-corrected chi connectivity index (χ1v) is 6.62. The molecule has 108 valence electrons. The molecule has 1 aromatic carbocycles. The van der Waals surface area contributed by atoms with E-state index in [1.807, 2.05) is 0 Å². The van der Waals surface area contributed by atoms with Crippen LogP contribution in [0.3, 0.4) is 0 Å². The van der Waals surface area contributed by atoms with E-state index >= 15 is 0 Å². The van der Waals surface area contributed by atoms with E-state index in [1.54, 1.807) is 37.1 Å². The molecule has 1 unspecified atom stereocenters. The second-order valence-corrected chi connectivity index (χ2v) is 4.88. The molecule has 0 spiro atoms. The van der Waals surface area contributed by atoms with Gasteiger partial charge >= 0.3 is 5.97 Å². The summed E-state index contributed by atoms with van der Waals surface area (Å²) in [6.07, 6.45) is -1.28. The van der Waals surface area contributed by atoms with Crippen LogP contribution in [0.25, 0.3) is 5.76 Å². The lowest BCUT2D eigenvalue weighted by molar-refractivity contribution is -0.142. The Bertz CT molecular complexity index is 570. The van der Waals surface area contributed by atoms with Crippen molar-refractivity contribution in [2.75, 3.05) is 18.6 Å². The van der Waals surface area contributed by atoms with Gasteiger partial charge in [0.2, 0.25) is 0 Å². The molecule has 0 bridgehead atoms. The van der Waals surface area contributed by atoms with Gasteiger partial charge in [0, 0.05) is 12.6 Å². The molecule has 0 aliphatic carbocycles. The first-order chi connectivity index (χ1) is 9.47. The minimum Gasteiger partial charge on any atom is -0.507 e. The van der Waals surface area contributed by atoms with Gasteiger partial charge in [-0.05, 0) is 19.1 Å². The second-order valence-electron chi connectivity index (χ2n) is 4.47. The van der Waals surface area contributed by atoms with Crippen LogP contribution in [-0.2, 0) is 9.53 Å². The average Bonchev–Trinajstić information content (AvgIpc) is 2.41. The molecule has 0 saturated carbocycles. The highest BCUT2D eigenvalue weighted by Gasteiger charge is 2.32. The van der Waals surface area contributed by atoms with E-state index < -0.39 is 12.2 Å². The third-order valence-corrected chi connectivity index (χ3v) is 3.55. The number of likely N-dealkylation sites (N-methyl/N-ethyl adjacent to an activating group) is 1. The highest BCUT2D eigenvalue weighted by molar-refractivity contribution is 6.33. The monoisotopic (exact) mass is 297 g/mol. The highest BCUT2D eigenvalue weighted by Crippen LogP contribution is 2.40. The van der Waals surface area contributed by atoms with Crippen LogP contribution in [0.4, 0.5) is 5.69 Å². The van der Waals surface area contributed by atoms with Crippen molar-refractivity contribution in [1.82, 2.24) is 0 Å². The molecule has 1 aliphatic rings. The molecule has 2 N–H and O–H groups in total. The van der Waals surface area contributed by atoms with Gasteiger partial charge in [-0.2, -0.15) is 0 Å². The van der Waals surface area contributed by atoms with E-state index in [1.165, 1.54) is 0 Å². The van der Waals surface area contributed by atoms with Crippen molar-refractivity contribution in [3.05, 3.63) is 34.4 Å². The van der Waals surface area contributed by atoms with Crippen molar-refractivity contribution in [3.63, 3.8) is 0 Å². The minimum absolute atomic E-state index is 0.163. The summed E-state index contributed by atoms with van der Waals surface area (Å²) in [4.78, 5) is 13.1. The van der Waals surface area contributed by atoms with Crippen LogP contribution in [0, 0.1) is 0 Å². The van der Waals surface area contributed by atoms with Crippen LogP contribution in [0.2, 0.25) is 5.02 Å². The van der Waals surface area contributed by atoms with Gasteiger partial charge in [-0.15, -0.1) is 0 Å². The fraction of sp³-hybridized carbons (Fsp3) is 0.357. The van der Waals surface area contributed by atoms with E-state index in [0.29, 0.717) is 16.3 Å². The number of aliphatic hydroxyl groups excluding tert-OH is 2. The standard InChI is InChI=1S/C14H16ClNO4/c1-3-20-11(17)7-8-13(18)12-9(15)5-4-6-10(12)16(2)14(8)19/h4-6,14,18-19H,3,7H2,1-2H3. The van der Waals surface area contributed by atoms with Crippen molar-refractivity contribution >= 4 is 29.0 Å². The molecule has 1 aromatic rings. The van der Waals surface area contributed by atoms with Crippen molar-refractivity contribution in [3.8, 4) is 0 Å². The normalized spacial score (nSPS) is 18.0. The lowest BCUT2D eigenvalue weighted by Crippen LogP contribution is -2.38. The summed E-state index contributed by atoms with van der Waals surface area (Å²) in [5.74, 6) is -0.666. The number of halogens is 1. The number of benzene rings is 1. The Balaban J connectivity index is 2.47. The Labute approximate surface area is 122 Å². The number of anilines is 1. The van der Waals surface area contributed by atoms with Gasteiger partial charge in [0.25, 0.3) is 0 Å². The molecule has 6 heteroatoms. The summed E-state index contributed by atoms with van der Waals surface area (Å²) >= 11 is 6.09. The quantitative estimate of drug-likeness (QED) is 0.838. The molecule has 0 fully saturated rings. The summed E-state index contributed by atoms with van der Waals surface area (Å²) in [5.41, 5.74) is 1.21. The number of nitrogens with zero attached hydrogens (tertiary/aromatic N) is 1. The fourth-order valence-electron chi connectivity index (χ4n) is 2.23. The van der Waals surface area contributed by atoms with E-state index in [0.717, 1.165) is 0 Å². The topological polar surface area (TPSA) is 70.0 Å². The Kier molecular flexibility index (Phi) is 4.20. The molecule has 1 atom stereocenters. The number of aliphatic hydroxyl groups is 2. The first kappa shape index (κ1) is 14.7. The Morgan fingerprint density at radius 3 is 2.85 bits per heavy atom. The molecule has 2 rings (SSSR count). The number of carbonyl (C=O) groups is 1. The van der Waals surface area contributed by atoms with Crippen molar-refractivity contribution in [1.29, 1.82) is 0 Å². The number of carbonyl (C=O) groups excluding carboxylic acids is 1. The molecule has 0 saturated heterocycles. The number of esters is 1. The molecular formula is C14H16ClNO4. The molecule has 20 heavy (non-hydrogen) atoms. The number of hydrogen-bond acceptors (Lipinski definition) is 5.